The Morgan fingerprint density at radius 2 is 1.50 bits per heavy atom. The maximum absolute atomic E-state index is 12.8. The van der Waals surface area contributed by atoms with Crippen molar-refractivity contribution in [1.29, 1.82) is 0 Å². The number of fused-ring (bicyclic) bond motifs is 2. The molecular weight excluding hydrogens is 284 g/mol. The molecule has 2 fully saturated rings. The van der Waals surface area contributed by atoms with Gasteiger partial charge >= 0.3 is 5.97 Å². The molecule has 4 atom stereocenters. The number of carboxylic acids is 1. The lowest BCUT2D eigenvalue weighted by molar-refractivity contribution is -0.157. The van der Waals surface area contributed by atoms with Crippen molar-refractivity contribution in [3.63, 3.8) is 0 Å². The minimum Gasteiger partial charge on any atom is -0.481 e. The van der Waals surface area contributed by atoms with E-state index in [9.17, 15) is 19.5 Å². The van der Waals surface area contributed by atoms with Crippen LogP contribution in [0.3, 0.4) is 0 Å². The number of carboxylic acid groups (broad SMARTS) is 1. The first kappa shape index (κ1) is 15.1. The van der Waals surface area contributed by atoms with Crippen molar-refractivity contribution >= 4 is 17.8 Å². The number of carbonyl (C=O) groups is 3. The van der Waals surface area contributed by atoms with Crippen LogP contribution in [-0.4, -0.2) is 40.9 Å². The normalized spacial score (nSPS) is 34.6. The smallest absolute Gasteiger partial charge is 0.307 e. The van der Waals surface area contributed by atoms with E-state index in [4.69, 9.17) is 5.73 Å². The lowest BCUT2D eigenvalue weighted by atomic mass is 9.61. The second-order valence-corrected chi connectivity index (χ2v) is 6.68. The Labute approximate surface area is 129 Å². The second kappa shape index (κ2) is 5.74. The van der Waals surface area contributed by atoms with Gasteiger partial charge in [-0.3, -0.25) is 14.4 Å². The number of hydrogen-bond acceptors (Lipinski definition) is 3. The zero-order valence-electron chi connectivity index (χ0n) is 12.5. The standard InChI is InChI=1S/C16H22N2O4/c17-14(19)11-5-7-18(8-6-11)15(20)12-9-1-3-10(4-2-9)13(12)16(21)22/h1,3,9-13H,2,4-8H2,(H2,17,19)(H,21,22). The number of piperidine rings is 1. The van der Waals surface area contributed by atoms with Gasteiger partial charge in [-0.25, -0.2) is 0 Å². The molecule has 120 valence electrons. The average Bonchev–Trinajstić information content (AvgIpc) is 2.54. The number of nitrogens with zero attached hydrogens (tertiary/aromatic N) is 1. The summed E-state index contributed by atoms with van der Waals surface area (Å²) in [6.07, 6.45) is 6.89. The van der Waals surface area contributed by atoms with E-state index in [0.29, 0.717) is 25.9 Å². The first-order valence-electron chi connectivity index (χ1n) is 7.98. The fourth-order valence-electron chi connectivity index (χ4n) is 4.26. The summed E-state index contributed by atoms with van der Waals surface area (Å²) in [6, 6.07) is 0. The number of hydrogen-bond donors (Lipinski definition) is 2. The molecule has 0 aromatic heterocycles. The van der Waals surface area contributed by atoms with E-state index in [-0.39, 0.29) is 29.6 Å². The van der Waals surface area contributed by atoms with Gasteiger partial charge in [0.05, 0.1) is 11.8 Å². The van der Waals surface area contributed by atoms with E-state index < -0.39 is 17.8 Å². The fourth-order valence-corrected chi connectivity index (χ4v) is 4.26. The van der Waals surface area contributed by atoms with Crippen molar-refractivity contribution in [1.82, 2.24) is 4.90 Å². The Kier molecular flexibility index (Phi) is 3.93. The minimum atomic E-state index is -0.871. The summed E-state index contributed by atoms with van der Waals surface area (Å²) in [5.74, 6) is -2.46. The van der Waals surface area contributed by atoms with Gasteiger partial charge in [0.1, 0.15) is 0 Å². The summed E-state index contributed by atoms with van der Waals surface area (Å²) in [5, 5.41) is 9.53. The summed E-state index contributed by atoms with van der Waals surface area (Å²) < 4.78 is 0. The molecule has 3 aliphatic carbocycles. The molecule has 1 saturated carbocycles. The first-order chi connectivity index (χ1) is 10.5. The van der Waals surface area contributed by atoms with E-state index >= 15 is 0 Å². The Hall–Kier alpha value is -1.85. The van der Waals surface area contributed by atoms with Crippen molar-refractivity contribution in [3.05, 3.63) is 12.2 Å². The molecule has 6 heteroatoms. The van der Waals surface area contributed by atoms with Gasteiger partial charge in [0.25, 0.3) is 0 Å². The summed E-state index contributed by atoms with van der Waals surface area (Å²) in [6.45, 7) is 0.993. The zero-order chi connectivity index (χ0) is 15.9. The number of primary amides is 1. The average molecular weight is 306 g/mol. The molecule has 0 aromatic rings. The maximum Gasteiger partial charge on any atom is 0.307 e. The van der Waals surface area contributed by atoms with Gasteiger partial charge in [0.2, 0.25) is 11.8 Å². The molecule has 0 aromatic carbocycles. The number of allylic oxidation sites excluding steroid dienone is 2. The monoisotopic (exact) mass is 306 g/mol. The summed E-state index contributed by atoms with van der Waals surface area (Å²) in [5.41, 5.74) is 5.31. The second-order valence-electron chi connectivity index (χ2n) is 6.68. The molecular formula is C16H22N2O4. The Balaban J connectivity index is 1.73. The summed E-state index contributed by atoms with van der Waals surface area (Å²) in [7, 11) is 0. The summed E-state index contributed by atoms with van der Waals surface area (Å²) >= 11 is 0. The molecule has 0 radical (unpaired) electrons. The van der Waals surface area contributed by atoms with Gasteiger partial charge in [0, 0.05) is 19.0 Å². The van der Waals surface area contributed by atoms with Crippen molar-refractivity contribution < 1.29 is 19.5 Å². The lowest BCUT2D eigenvalue weighted by Gasteiger charge is -2.44. The van der Waals surface area contributed by atoms with E-state index in [1.807, 2.05) is 12.2 Å². The Morgan fingerprint density at radius 1 is 0.955 bits per heavy atom. The van der Waals surface area contributed by atoms with E-state index in [1.165, 1.54) is 0 Å². The van der Waals surface area contributed by atoms with Gasteiger partial charge in [0.15, 0.2) is 0 Å². The molecule has 4 aliphatic rings. The molecule has 2 amide bonds. The zero-order valence-corrected chi connectivity index (χ0v) is 12.5. The van der Waals surface area contributed by atoms with Crippen molar-refractivity contribution in [2.45, 2.75) is 25.7 Å². The summed E-state index contributed by atoms with van der Waals surface area (Å²) in [4.78, 5) is 37.4. The largest absolute Gasteiger partial charge is 0.481 e. The van der Waals surface area contributed by atoms with Gasteiger partial charge in [-0.1, -0.05) is 12.2 Å². The van der Waals surface area contributed by atoms with Crippen LogP contribution in [0, 0.1) is 29.6 Å². The number of amides is 2. The molecule has 1 saturated heterocycles. The SMILES string of the molecule is NC(=O)C1CCN(C(=O)C2C3C=CC(CC3)C2C(=O)O)CC1. The highest BCUT2D eigenvalue weighted by molar-refractivity contribution is 5.86. The van der Waals surface area contributed by atoms with Crippen LogP contribution in [0.2, 0.25) is 0 Å². The molecule has 2 bridgehead atoms. The van der Waals surface area contributed by atoms with Gasteiger partial charge in [-0.05, 0) is 37.5 Å². The molecule has 3 N–H and O–H groups in total. The van der Waals surface area contributed by atoms with Crippen molar-refractivity contribution in [2.75, 3.05) is 13.1 Å². The molecule has 4 rings (SSSR count). The van der Waals surface area contributed by atoms with Crippen LogP contribution in [0.1, 0.15) is 25.7 Å². The third kappa shape index (κ3) is 2.51. The van der Waals surface area contributed by atoms with Crippen molar-refractivity contribution in [2.24, 2.45) is 35.3 Å². The van der Waals surface area contributed by atoms with Gasteiger partial charge < -0.3 is 15.7 Å². The van der Waals surface area contributed by atoms with Crippen LogP contribution >= 0.6 is 0 Å². The number of likely N-dealkylation sites (tertiary alicyclic amines) is 1. The number of rotatable bonds is 3. The highest BCUT2D eigenvalue weighted by Crippen LogP contribution is 2.46. The van der Waals surface area contributed by atoms with Gasteiger partial charge in [-0.15, -0.1) is 0 Å². The van der Waals surface area contributed by atoms with E-state index in [0.717, 1.165) is 12.8 Å². The highest BCUT2D eigenvalue weighted by atomic mass is 16.4. The van der Waals surface area contributed by atoms with Crippen LogP contribution in [0.15, 0.2) is 12.2 Å². The third-order valence-electron chi connectivity index (χ3n) is 5.53. The minimum absolute atomic E-state index is 0.0281. The van der Waals surface area contributed by atoms with Gasteiger partial charge in [-0.2, -0.15) is 0 Å². The van der Waals surface area contributed by atoms with Crippen LogP contribution < -0.4 is 5.73 Å². The predicted molar refractivity (Wildman–Crippen MR) is 78.5 cm³/mol. The first-order valence-corrected chi connectivity index (χ1v) is 7.98. The molecule has 4 unspecified atom stereocenters. The van der Waals surface area contributed by atoms with Crippen LogP contribution in [-0.2, 0) is 14.4 Å². The number of carbonyl (C=O) groups excluding carboxylic acids is 2. The third-order valence-corrected chi connectivity index (χ3v) is 5.53. The molecule has 1 heterocycles. The Bertz CT molecular complexity index is 522. The highest BCUT2D eigenvalue weighted by Gasteiger charge is 2.49. The Morgan fingerprint density at radius 3 is 1.95 bits per heavy atom. The topological polar surface area (TPSA) is 101 Å². The van der Waals surface area contributed by atoms with Crippen molar-refractivity contribution in [3.8, 4) is 0 Å². The molecule has 0 spiro atoms. The number of aliphatic carboxylic acids is 1. The fraction of sp³-hybridized carbons (Fsp3) is 0.688. The molecule has 6 nitrogen and oxygen atoms in total. The molecule has 22 heavy (non-hydrogen) atoms. The quantitative estimate of drug-likeness (QED) is 0.746. The van der Waals surface area contributed by atoms with Crippen LogP contribution in [0.5, 0.6) is 0 Å². The van der Waals surface area contributed by atoms with E-state index in [1.54, 1.807) is 4.90 Å². The van der Waals surface area contributed by atoms with Crippen LogP contribution in [0.25, 0.3) is 0 Å². The van der Waals surface area contributed by atoms with E-state index in [2.05, 4.69) is 0 Å². The molecule has 1 aliphatic heterocycles. The number of nitrogens with two attached hydrogens (primary N) is 1. The predicted octanol–water partition coefficient (Wildman–Crippen LogP) is 0.623. The maximum atomic E-state index is 12.8. The lowest BCUT2D eigenvalue weighted by Crippen LogP contribution is -2.52. The van der Waals surface area contributed by atoms with Crippen LogP contribution in [0.4, 0.5) is 0 Å².